The molecular weight excluding hydrogens is 320 g/mol. The number of esters is 1. The van der Waals surface area contributed by atoms with Crippen LogP contribution in [0.15, 0.2) is 24.3 Å². The first-order chi connectivity index (χ1) is 12.8. The molecule has 0 aliphatic heterocycles. The normalized spacial score (nSPS) is 10.8. The van der Waals surface area contributed by atoms with Crippen molar-refractivity contribution in [1.82, 2.24) is 0 Å². The van der Waals surface area contributed by atoms with Gasteiger partial charge < -0.3 is 4.74 Å². The molecular formula is C24H40O2. The van der Waals surface area contributed by atoms with Gasteiger partial charge in [-0.25, -0.2) is 4.79 Å². The average Bonchev–Trinajstić information content (AvgIpc) is 2.65. The summed E-state index contributed by atoms with van der Waals surface area (Å²) in [6, 6.07) is 7.61. The highest BCUT2D eigenvalue weighted by molar-refractivity contribution is 5.90. The topological polar surface area (TPSA) is 26.3 Å². The van der Waals surface area contributed by atoms with Gasteiger partial charge in [-0.3, -0.25) is 0 Å². The molecule has 2 heteroatoms. The maximum absolute atomic E-state index is 12.0. The predicted molar refractivity (Wildman–Crippen MR) is 112 cm³/mol. The first kappa shape index (κ1) is 22.7. The first-order valence-electron chi connectivity index (χ1n) is 11.0. The molecule has 0 aliphatic carbocycles. The lowest BCUT2D eigenvalue weighted by atomic mass is 10.0. The van der Waals surface area contributed by atoms with Gasteiger partial charge in [-0.1, -0.05) is 109 Å². The van der Waals surface area contributed by atoms with Gasteiger partial charge in [0.1, 0.15) is 0 Å². The molecule has 0 fully saturated rings. The number of carbonyl (C=O) groups is 1. The molecule has 0 radical (unpaired) electrons. The number of carbonyl (C=O) groups excluding carboxylic acids is 1. The Bertz CT molecular complexity index is 467. The fourth-order valence-electron chi connectivity index (χ4n) is 3.34. The summed E-state index contributed by atoms with van der Waals surface area (Å²) in [6.45, 7) is 4.77. The summed E-state index contributed by atoms with van der Waals surface area (Å²) in [5.74, 6) is -0.183. The molecule has 1 aromatic carbocycles. The smallest absolute Gasteiger partial charge is 0.338 e. The zero-order chi connectivity index (χ0) is 18.9. The molecule has 2 nitrogen and oxygen atoms in total. The van der Waals surface area contributed by atoms with Crippen molar-refractivity contribution in [2.75, 3.05) is 6.61 Å². The van der Waals surface area contributed by atoms with Crippen LogP contribution >= 0.6 is 0 Å². The Labute approximate surface area is 161 Å². The number of rotatable bonds is 16. The zero-order valence-corrected chi connectivity index (χ0v) is 17.2. The monoisotopic (exact) mass is 360 g/mol. The van der Waals surface area contributed by atoms with Gasteiger partial charge in [0.15, 0.2) is 0 Å². The second kappa shape index (κ2) is 15.9. The third-order valence-corrected chi connectivity index (χ3v) is 5.10. The number of hydrogen-bond donors (Lipinski definition) is 0. The molecule has 0 N–H and O–H groups in total. The van der Waals surface area contributed by atoms with E-state index in [9.17, 15) is 4.79 Å². The lowest BCUT2D eigenvalue weighted by molar-refractivity contribution is 0.0497. The third-order valence-electron chi connectivity index (χ3n) is 5.10. The van der Waals surface area contributed by atoms with E-state index in [4.69, 9.17) is 4.74 Å². The molecule has 1 rings (SSSR count). The Balaban J connectivity index is 1.84. The summed E-state index contributed by atoms with van der Waals surface area (Å²) in [5, 5.41) is 0. The second-order valence-electron chi connectivity index (χ2n) is 7.55. The van der Waals surface area contributed by atoms with Gasteiger partial charge in [-0.15, -0.1) is 0 Å². The second-order valence-corrected chi connectivity index (χ2v) is 7.55. The fourth-order valence-corrected chi connectivity index (χ4v) is 3.34. The molecule has 0 heterocycles. The average molecular weight is 361 g/mol. The minimum atomic E-state index is -0.183. The standard InChI is InChI=1S/C24H40O2/c1-3-4-5-6-7-8-9-10-11-12-13-14-15-18-21-26-24(25)23-20-17-16-19-22(23)2/h16-17,19-20H,3-15,18,21H2,1-2H3. The van der Waals surface area contributed by atoms with Crippen LogP contribution in [-0.4, -0.2) is 12.6 Å². The van der Waals surface area contributed by atoms with Crippen molar-refractivity contribution in [1.29, 1.82) is 0 Å². The van der Waals surface area contributed by atoms with Crippen LogP contribution in [0.25, 0.3) is 0 Å². The van der Waals surface area contributed by atoms with E-state index in [1.54, 1.807) is 0 Å². The lowest BCUT2D eigenvalue weighted by Crippen LogP contribution is -2.08. The highest BCUT2D eigenvalue weighted by Gasteiger charge is 2.08. The van der Waals surface area contributed by atoms with Crippen LogP contribution < -0.4 is 0 Å². The zero-order valence-electron chi connectivity index (χ0n) is 17.2. The van der Waals surface area contributed by atoms with Crippen LogP contribution in [0, 0.1) is 6.92 Å². The van der Waals surface area contributed by atoms with Gasteiger partial charge in [-0.05, 0) is 25.0 Å². The Hall–Kier alpha value is -1.31. The highest BCUT2D eigenvalue weighted by atomic mass is 16.5. The Morgan fingerprint density at radius 1 is 0.731 bits per heavy atom. The van der Waals surface area contributed by atoms with E-state index >= 15 is 0 Å². The van der Waals surface area contributed by atoms with E-state index in [0.717, 1.165) is 12.0 Å². The molecule has 0 spiro atoms. The maximum Gasteiger partial charge on any atom is 0.338 e. The van der Waals surface area contributed by atoms with Crippen molar-refractivity contribution in [2.24, 2.45) is 0 Å². The van der Waals surface area contributed by atoms with Gasteiger partial charge in [0.25, 0.3) is 0 Å². The van der Waals surface area contributed by atoms with E-state index in [2.05, 4.69) is 6.92 Å². The van der Waals surface area contributed by atoms with Gasteiger partial charge in [0, 0.05) is 0 Å². The molecule has 1 aromatic rings. The predicted octanol–water partition coefficient (Wildman–Crippen LogP) is 7.63. The molecule has 26 heavy (non-hydrogen) atoms. The van der Waals surface area contributed by atoms with Crippen molar-refractivity contribution in [3.63, 3.8) is 0 Å². The summed E-state index contributed by atoms with van der Waals surface area (Å²) in [6.07, 6.45) is 18.8. The van der Waals surface area contributed by atoms with Crippen LogP contribution in [0.4, 0.5) is 0 Å². The number of aryl methyl sites for hydroxylation is 1. The minimum Gasteiger partial charge on any atom is -0.462 e. The van der Waals surface area contributed by atoms with Crippen molar-refractivity contribution in [3.8, 4) is 0 Å². The molecule has 0 unspecified atom stereocenters. The molecule has 0 amide bonds. The van der Waals surface area contributed by atoms with E-state index in [1.807, 2.05) is 31.2 Å². The van der Waals surface area contributed by atoms with E-state index in [-0.39, 0.29) is 5.97 Å². The highest BCUT2D eigenvalue weighted by Crippen LogP contribution is 2.13. The summed E-state index contributed by atoms with van der Waals surface area (Å²) < 4.78 is 5.38. The summed E-state index contributed by atoms with van der Waals surface area (Å²) in [5.41, 5.74) is 1.68. The van der Waals surface area contributed by atoms with Crippen LogP contribution in [-0.2, 0) is 4.74 Å². The number of benzene rings is 1. The van der Waals surface area contributed by atoms with Crippen molar-refractivity contribution in [2.45, 2.75) is 104 Å². The maximum atomic E-state index is 12.0. The van der Waals surface area contributed by atoms with E-state index < -0.39 is 0 Å². The van der Waals surface area contributed by atoms with Gasteiger partial charge >= 0.3 is 5.97 Å². The Morgan fingerprint density at radius 3 is 1.69 bits per heavy atom. The van der Waals surface area contributed by atoms with Crippen molar-refractivity contribution >= 4 is 5.97 Å². The summed E-state index contributed by atoms with van der Waals surface area (Å²) in [4.78, 5) is 12.0. The molecule has 0 bridgehead atoms. The molecule has 0 atom stereocenters. The molecule has 148 valence electrons. The van der Waals surface area contributed by atoms with Crippen LogP contribution in [0.5, 0.6) is 0 Å². The van der Waals surface area contributed by atoms with E-state index in [0.29, 0.717) is 12.2 Å². The van der Waals surface area contributed by atoms with Gasteiger partial charge in [0.2, 0.25) is 0 Å². The lowest BCUT2D eigenvalue weighted by Gasteiger charge is -2.07. The first-order valence-corrected chi connectivity index (χ1v) is 11.0. The largest absolute Gasteiger partial charge is 0.462 e. The summed E-state index contributed by atoms with van der Waals surface area (Å²) >= 11 is 0. The van der Waals surface area contributed by atoms with E-state index in [1.165, 1.54) is 83.5 Å². The van der Waals surface area contributed by atoms with Gasteiger partial charge in [-0.2, -0.15) is 0 Å². The molecule has 0 aliphatic rings. The van der Waals surface area contributed by atoms with Crippen LogP contribution in [0.3, 0.4) is 0 Å². The quantitative estimate of drug-likeness (QED) is 0.224. The van der Waals surface area contributed by atoms with Crippen molar-refractivity contribution in [3.05, 3.63) is 35.4 Å². The Kier molecular flexibility index (Phi) is 13.9. The molecule has 0 saturated carbocycles. The number of hydrogen-bond acceptors (Lipinski definition) is 2. The minimum absolute atomic E-state index is 0.183. The SMILES string of the molecule is CCCCCCCCCCCCCCCCOC(=O)c1ccccc1C. The number of unbranched alkanes of at least 4 members (excludes halogenated alkanes) is 13. The molecule has 0 saturated heterocycles. The summed E-state index contributed by atoms with van der Waals surface area (Å²) in [7, 11) is 0. The molecule has 0 aromatic heterocycles. The van der Waals surface area contributed by atoms with Crippen LogP contribution in [0.2, 0.25) is 0 Å². The van der Waals surface area contributed by atoms with Crippen molar-refractivity contribution < 1.29 is 9.53 Å². The van der Waals surface area contributed by atoms with Gasteiger partial charge in [0.05, 0.1) is 12.2 Å². The third kappa shape index (κ3) is 11.3. The van der Waals surface area contributed by atoms with Crippen LogP contribution in [0.1, 0.15) is 113 Å². The number of ether oxygens (including phenoxy) is 1. The Morgan fingerprint density at radius 2 is 1.19 bits per heavy atom. The fraction of sp³-hybridized carbons (Fsp3) is 0.708.